The molecule has 92 valence electrons. The molecule has 1 heterocycles. The van der Waals surface area contributed by atoms with Crippen LogP contribution in [0.2, 0.25) is 0 Å². The van der Waals surface area contributed by atoms with Gasteiger partial charge in [-0.25, -0.2) is 15.0 Å². The number of hydrogen-bond acceptors (Lipinski definition) is 4. The molecule has 1 aliphatic rings. The quantitative estimate of drug-likeness (QED) is 0.611. The minimum atomic E-state index is -0.892. The second-order valence-electron chi connectivity index (χ2n) is 3.53. The molecule has 1 fully saturated rings. The molecule has 0 aromatic carbocycles. The molecule has 2 amide bonds. The van der Waals surface area contributed by atoms with E-state index in [1.807, 2.05) is 0 Å². The van der Waals surface area contributed by atoms with Gasteiger partial charge in [0.1, 0.15) is 0 Å². The monoisotopic (exact) mass is 231 g/mol. The van der Waals surface area contributed by atoms with E-state index in [0.29, 0.717) is 32.5 Å². The highest BCUT2D eigenvalue weighted by molar-refractivity contribution is 5.66. The first-order valence-corrected chi connectivity index (χ1v) is 5.29. The molecule has 1 rings (SSSR count). The lowest BCUT2D eigenvalue weighted by molar-refractivity contribution is 0.121. The average molecular weight is 231 g/mol. The standard InChI is InChI=1S/C9H17N3O4/c1-2-16-8(13)11-10-7-3-5-12(6-4-7)9(14)15/h7,10H,2-6H2,1H3,(H,11,13)(H,14,15). The van der Waals surface area contributed by atoms with Gasteiger partial charge in [0, 0.05) is 19.1 Å². The van der Waals surface area contributed by atoms with Crippen LogP contribution < -0.4 is 10.9 Å². The van der Waals surface area contributed by atoms with E-state index in [1.165, 1.54) is 4.90 Å². The summed E-state index contributed by atoms with van der Waals surface area (Å²) in [6, 6.07) is 0.0972. The summed E-state index contributed by atoms with van der Waals surface area (Å²) < 4.78 is 4.68. The number of piperidine rings is 1. The number of rotatable bonds is 3. The number of carbonyl (C=O) groups is 2. The van der Waals surface area contributed by atoms with Crippen molar-refractivity contribution < 1.29 is 19.4 Å². The van der Waals surface area contributed by atoms with Crippen molar-refractivity contribution in [2.75, 3.05) is 19.7 Å². The van der Waals surface area contributed by atoms with Crippen molar-refractivity contribution in [3.63, 3.8) is 0 Å². The Labute approximate surface area is 93.7 Å². The highest BCUT2D eigenvalue weighted by Gasteiger charge is 2.22. The van der Waals surface area contributed by atoms with E-state index in [2.05, 4.69) is 15.6 Å². The van der Waals surface area contributed by atoms with Crippen LogP contribution in [0.5, 0.6) is 0 Å². The first-order chi connectivity index (χ1) is 7.63. The van der Waals surface area contributed by atoms with Crippen molar-refractivity contribution in [3.8, 4) is 0 Å². The van der Waals surface area contributed by atoms with Gasteiger partial charge < -0.3 is 14.7 Å². The van der Waals surface area contributed by atoms with Crippen molar-refractivity contribution in [2.24, 2.45) is 0 Å². The molecule has 7 nitrogen and oxygen atoms in total. The van der Waals surface area contributed by atoms with E-state index in [-0.39, 0.29) is 6.04 Å². The van der Waals surface area contributed by atoms with E-state index in [9.17, 15) is 9.59 Å². The van der Waals surface area contributed by atoms with Gasteiger partial charge in [0.2, 0.25) is 0 Å². The minimum absolute atomic E-state index is 0.0972. The summed E-state index contributed by atoms with van der Waals surface area (Å²) in [6.07, 6.45) is -0.0443. The zero-order valence-corrected chi connectivity index (χ0v) is 9.23. The summed E-state index contributed by atoms with van der Waals surface area (Å²) in [5.41, 5.74) is 5.24. The van der Waals surface area contributed by atoms with Crippen molar-refractivity contribution in [2.45, 2.75) is 25.8 Å². The van der Waals surface area contributed by atoms with Crippen molar-refractivity contribution in [1.29, 1.82) is 0 Å². The van der Waals surface area contributed by atoms with Gasteiger partial charge in [-0.2, -0.15) is 0 Å². The summed E-state index contributed by atoms with van der Waals surface area (Å²) in [7, 11) is 0. The fourth-order valence-electron chi connectivity index (χ4n) is 1.54. The van der Waals surface area contributed by atoms with Crippen LogP contribution in [0.3, 0.4) is 0 Å². The molecule has 0 unspecified atom stereocenters. The normalized spacial score (nSPS) is 16.9. The minimum Gasteiger partial charge on any atom is -0.465 e. The third kappa shape index (κ3) is 3.93. The SMILES string of the molecule is CCOC(=O)NNC1CCN(C(=O)O)CC1. The van der Waals surface area contributed by atoms with Gasteiger partial charge in [-0.1, -0.05) is 0 Å². The molecule has 0 bridgehead atoms. The molecule has 3 N–H and O–H groups in total. The van der Waals surface area contributed by atoms with Gasteiger partial charge in [0.15, 0.2) is 0 Å². The molecule has 0 aliphatic carbocycles. The molecule has 1 aliphatic heterocycles. The van der Waals surface area contributed by atoms with Crippen LogP contribution >= 0.6 is 0 Å². The smallest absolute Gasteiger partial charge is 0.421 e. The highest BCUT2D eigenvalue weighted by Crippen LogP contribution is 2.09. The maximum atomic E-state index is 11.0. The van der Waals surface area contributed by atoms with Crippen molar-refractivity contribution in [1.82, 2.24) is 15.8 Å². The van der Waals surface area contributed by atoms with Crippen LogP contribution in [0.1, 0.15) is 19.8 Å². The third-order valence-electron chi connectivity index (χ3n) is 2.42. The summed E-state index contributed by atoms with van der Waals surface area (Å²) >= 11 is 0. The number of carboxylic acid groups (broad SMARTS) is 1. The number of nitrogens with zero attached hydrogens (tertiary/aromatic N) is 1. The summed E-state index contributed by atoms with van der Waals surface area (Å²) in [6.45, 7) is 3.02. The van der Waals surface area contributed by atoms with E-state index in [1.54, 1.807) is 6.92 Å². The topological polar surface area (TPSA) is 90.9 Å². The molecule has 16 heavy (non-hydrogen) atoms. The third-order valence-corrected chi connectivity index (χ3v) is 2.42. The summed E-state index contributed by atoms with van der Waals surface area (Å²) in [5, 5.41) is 8.73. The summed E-state index contributed by atoms with van der Waals surface area (Å²) in [5.74, 6) is 0. The fourth-order valence-corrected chi connectivity index (χ4v) is 1.54. The lowest BCUT2D eigenvalue weighted by Crippen LogP contribution is -2.50. The lowest BCUT2D eigenvalue weighted by Gasteiger charge is -2.30. The number of carbonyl (C=O) groups excluding carboxylic acids is 1. The first-order valence-electron chi connectivity index (χ1n) is 5.29. The molecule has 0 radical (unpaired) electrons. The molecular formula is C9H17N3O4. The van der Waals surface area contributed by atoms with Crippen LogP contribution in [-0.4, -0.2) is 47.9 Å². The molecule has 1 saturated heterocycles. The van der Waals surface area contributed by atoms with Gasteiger partial charge >= 0.3 is 12.2 Å². The first kappa shape index (κ1) is 12.6. The number of hydrogen-bond donors (Lipinski definition) is 3. The van der Waals surface area contributed by atoms with Crippen LogP contribution in [-0.2, 0) is 4.74 Å². The molecule has 0 saturated carbocycles. The maximum Gasteiger partial charge on any atom is 0.421 e. The van der Waals surface area contributed by atoms with Crippen LogP contribution in [0, 0.1) is 0 Å². The largest absolute Gasteiger partial charge is 0.465 e. The van der Waals surface area contributed by atoms with Gasteiger partial charge in [-0.15, -0.1) is 0 Å². The Bertz CT molecular complexity index is 251. The Balaban J connectivity index is 2.17. The van der Waals surface area contributed by atoms with Gasteiger partial charge in [-0.3, -0.25) is 5.43 Å². The zero-order valence-electron chi connectivity index (χ0n) is 9.23. The van der Waals surface area contributed by atoms with Gasteiger partial charge in [0.25, 0.3) is 0 Å². The summed E-state index contributed by atoms with van der Waals surface area (Å²) in [4.78, 5) is 22.9. The number of amides is 2. The predicted molar refractivity (Wildman–Crippen MR) is 55.9 cm³/mol. The molecule has 0 spiro atoms. The number of hydrazine groups is 1. The second kappa shape index (κ2) is 6.16. The Morgan fingerprint density at radius 1 is 1.44 bits per heavy atom. The Hall–Kier alpha value is -1.50. The average Bonchev–Trinajstić information content (AvgIpc) is 2.27. The van der Waals surface area contributed by atoms with Crippen LogP contribution in [0.4, 0.5) is 9.59 Å². The Morgan fingerprint density at radius 3 is 2.56 bits per heavy atom. The van der Waals surface area contributed by atoms with Gasteiger partial charge in [0.05, 0.1) is 6.61 Å². The van der Waals surface area contributed by atoms with E-state index in [4.69, 9.17) is 5.11 Å². The highest BCUT2D eigenvalue weighted by atomic mass is 16.5. The maximum absolute atomic E-state index is 11.0. The van der Waals surface area contributed by atoms with E-state index in [0.717, 1.165) is 0 Å². The zero-order chi connectivity index (χ0) is 12.0. The second-order valence-corrected chi connectivity index (χ2v) is 3.53. The molecule has 0 aromatic rings. The van der Waals surface area contributed by atoms with Crippen molar-refractivity contribution >= 4 is 12.2 Å². The van der Waals surface area contributed by atoms with Gasteiger partial charge in [-0.05, 0) is 19.8 Å². The van der Waals surface area contributed by atoms with E-state index < -0.39 is 12.2 Å². The fraction of sp³-hybridized carbons (Fsp3) is 0.778. The molecular weight excluding hydrogens is 214 g/mol. The number of likely N-dealkylation sites (tertiary alicyclic amines) is 1. The predicted octanol–water partition coefficient (Wildman–Crippen LogP) is 0.379. The van der Waals surface area contributed by atoms with Crippen LogP contribution in [0.15, 0.2) is 0 Å². The number of ether oxygens (including phenoxy) is 1. The molecule has 7 heteroatoms. The number of nitrogens with one attached hydrogen (secondary N) is 2. The van der Waals surface area contributed by atoms with E-state index >= 15 is 0 Å². The Kier molecular flexibility index (Phi) is 4.84. The molecule has 0 atom stereocenters. The lowest BCUT2D eigenvalue weighted by atomic mass is 10.1. The Morgan fingerprint density at radius 2 is 2.06 bits per heavy atom. The van der Waals surface area contributed by atoms with Crippen LogP contribution in [0.25, 0.3) is 0 Å². The van der Waals surface area contributed by atoms with Crippen molar-refractivity contribution in [3.05, 3.63) is 0 Å². The molecule has 0 aromatic heterocycles.